The molecule has 2 N–H and O–H groups in total. The number of halogens is 1. The molecular formula is C12H13FN2O4. The number of carboxylic acid groups (broad SMARTS) is 1. The number of carbonyl (C=O) groups is 2. The summed E-state index contributed by atoms with van der Waals surface area (Å²) in [7, 11) is 0. The molecule has 1 amide bonds. The van der Waals surface area contributed by atoms with E-state index in [2.05, 4.69) is 10.3 Å². The molecule has 6 nitrogen and oxygen atoms in total. The number of nitrogens with zero attached hydrogens (tertiary/aromatic N) is 1. The molecule has 7 heteroatoms. The number of nitrogens with one attached hydrogen (secondary N) is 1. The number of aliphatic carboxylic acids is 1. The average molecular weight is 268 g/mol. The van der Waals surface area contributed by atoms with Crippen molar-refractivity contribution in [3.8, 4) is 0 Å². The van der Waals surface area contributed by atoms with Crippen LogP contribution in [0, 0.1) is 11.4 Å². The van der Waals surface area contributed by atoms with Crippen molar-refractivity contribution in [2.75, 3.05) is 13.2 Å². The second-order valence-corrected chi connectivity index (χ2v) is 4.61. The van der Waals surface area contributed by atoms with Gasteiger partial charge in [0, 0.05) is 0 Å². The predicted octanol–water partition coefficient (Wildman–Crippen LogP) is 0.440. The van der Waals surface area contributed by atoms with Crippen molar-refractivity contribution in [2.24, 2.45) is 5.41 Å². The lowest BCUT2D eigenvalue weighted by molar-refractivity contribution is -0.148. The van der Waals surface area contributed by atoms with Gasteiger partial charge in [-0.15, -0.1) is 0 Å². The van der Waals surface area contributed by atoms with Crippen molar-refractivity contribution in [2.45, 2.75) is 13.0 Å². The number of amides is 1. The molecule has 102 valence electrons. The van der Waals surface area contributed by atoms with Crippen LogP contribution in [0.2, 0.25) is 0 Å². The third-order valence-corrected chi connectivity index (χ3v) is 3.20. The Morgan fingerprint density at radius 3 is 2.95 bits per heavy atom. The van der Waals surface area contributed by atoms with Gasteiger partial charge < -0.3 is 15.2 Å². The summed E-state index contributed by atoms with van der Waals surface area (Å²) in [5.74, 6) is -2.44. The number of carbonyl (C=O) groups excluding carboxylic acids is 1. The number of hydrogen-bond donors (Lipinski definition) is 2. The highest BCUT2D eigenvalue weighted by atomic mass is 19.1. The molecule has 2 unspecified atom stereocenters. The van der Waals surface area contributed by atoms with Crippen molar-refractivity contribution in [1.82, 2.24) is 10.3 Å². The van der Waals surface area contributed by atoms with Gasteiger partial charge in [-0.1, -0.05) is 6.07 Å². The van der Waals surface area contributed by atoms with E-state index in [9.17, 15) is 14.0 Å². The first-order valence-electron chi connectivity index (χ1n) is 5.68. The summed E-state index contributed by atoms with van der Waals surface area (Å²) < 4.78 is 18.0. The lowest BCUT2D eigenvalue weighted by atomic mass is 9.85. The number of carboxylic acids is 1. The zero-order chi connectivity index (χ0) is 14.0. The van der Waals surface area contributed by atoms with E-state index in [1.807, 2.05) is 0 Å². The van der Waals surface area contributed by atoms with Gasteiger partial charge in [-0.05, 0) is 19.1 Å². The summed E-state index contributed by atoms with van der Waals surface area (Å²) in [6.07, 6.45) is 0. The minimum atomic E-state index is -1.19. The van der Waals surface area contributed by atoms with Crippen LogP contribution in [0.4, 0.5) is 4.39 Å². The zero-order valence-corrected chi connectivity index (χ0v) is 10.2. The molecule has 0 spiro atoms. The Hall–Kier alpha value is -2.02. The Labute approximate surface area is 108 Å². The third-order valence-electron chi connectivity index (χ3n) is 3.20. The first-order chi connectivity index (χ1) is 8.93. The van der Waals surface area contributed by atoms with Crippen molar-refractivity contribution in [3.63, 3.8) is 0 Å². The minimum absolute atomic E-state index is 0.0177. The van der Waals surface area contributed by atoms with Gasteiger partial charge in [-0.25, -0.2) is 4.98 Å². The molecule has 2 heterocycles. The van der Waals surface area contributed by atoms with E-state index < -0.39 is 29.3 Å². The van der Waals surface area contributed by atoms with Gasteiger partial charge in [0.15, 0.2) is 0 Å². The molecule has 0 aliphatic carbocycles. The lowest BCUT2D eigenvalue weighted by Gasteiger charge is -2.25. The maximum absolute atomic E-state index is 12.9. The number of pyridine rings is 1. The second-order valence-electron chi connectivity index (χ2n) is 4.61. The van der Waals surface area contributed by atoms with Crippen LogP contribution in [0.1, 0.15) is 17.4 Å². The molecule has 1 saturated heterocycles. The maximum Gasteiger partial charge on any atom is 0.313 e. The van der Waals surface area contributed by atoms with Crippen LogP contribution in [-0.2, 0) is 9.53 Å². The second kappa shape index (κ2) is 4.93. The summed E-state index contributed by atoms with van der Waals surface area (Å²) in [6, 6.07) is 3.16. The van der Waals surface area contributed by atoms with E-state index in [1.54, 1.807) is 0 Å². The van der Waals surface area contributed by atoms with E-state index >= 15 is 0 Å². The smallest absolute Gasteiger partial charge is 0.313 e. The van der Waals surface area contributed by atoms with Crippen LogP contribution < -0.4 is 5.32 Å². The fourth-order valence-electron chi connectivity index (χ4n) is 1.85. The number of rotatable bonds is 3. The molecule has 1 aromatic rings. The first-order valence-corrected chi connectivity index (χ1v) is 5.68. The summed E-state index contributed by atoms with van der Waals surface area (Å²) in [4.78, 5) is 26.5. The van der Waals surface area contributed by atoms with E-state index in [4.69, 9.17) is 9.84 Å². The molecule has 0 aromatic carbocycles. The predicted molar refractivity (Wildman–Crippen MR) is 62.0 cm³/mol. The Bertz CT molecular complexity index is 522. The van der Waals surface area contributed by atoms with E-state index in [1.165, 1.54) is 19.1 Å². The lowest BCUT2D eigenvalue weighted by Crippen LogP contribution is -2.49. The van der Waals surface area contributed by atoms with Gasteiger partial charge in [0.1, 0.15) is 11.1 Å². The number of hydrogen-bond acceptors (Lipinski definition) is 4. The summed E-state index contributed by atoms with van der Waals surface area (Å²) in [5, 5.41) is 11.7. The van der Waals surface area contributed by atoms with Crippen LogP contribution in [0.5, 0.6) is 0 Å². The van der Waals surface area contributed by atoms with Crippen LogP contribution in [0.15, 0.2) is 18.2 Å². The highest BCUT2D eigenvalue weighted by Crippen LogP contribution is 2.28. The molecule has 1 aromatic heterocycles. The quantitative estimate of drug-likeness (QED) is 0.776. The van der Waals surface area contributed by atoms with Gasteiger partial charge in [0.05, 0.1) is 19.3 Å². The molecular weight excluding hydrogens is 255 g/mol. The van der Waals surface area contributed by atoms with Crippen LogP contribution in [0.3, 0.4) is 0 Å². The normalized spacial score (nSPS) is 26.1. The van der Waals surface area contributed by atoms with Crippen molar-refractivity contribution in [1.29, 1.82) is 0 Å². The molecule has 0 radical (unpaired) electrons. The Morgan fingerprint density at radius 1 is 1.58 bits per heavy atom. The van der Waals surface area contributed by atoms with Crippen LogP contribution in [0.25, 0.3) is 0 Å². The molecule has 1 aliphatic heterocycles. The van der Waals surface area contributed by atoms with Gasteiger partial charge in [0.2, 0.25) is 5.95 Å². The standard InChI is InChI=1S/C12H13FN2O4/c1-12(11(17)18)6-19-5-8(12)15-10(16)7-3-2-4-9(13)14-7/h2-4,8H,5-6H2,1H3,(H,15,16)(H,17,18). The molecule has 2 rings (SSSR count). The highest BCUT2D eigenvalue weighted by molar-refractivity contribution is 5.93. The summed E-state index contributed by atoms with van der Waals surface area (Å²) in [5.41, 5.74) is -1.29. The van der Waals surface area contributed by atoms with Crippen LogP contribution in [-0.4, -0.2) is 41.2 Å². The summed E-state index contributed by atoms with van der Waals surface area (Å²) in [6.45, 7) is 1.61. The molecule has 1 fully saturated rings. The van der Waals surface area contributed by atoms with Gasteiger partial charge in [-0.2, -0.15) is 4.39 Å². The Balaban J connectivity index is 2.13. The Kier molecular flexibility index (Phi) is 3.48. The molecule has 2 atom stereocenters. The fourth-order valence-corrected chi connectivity index (χ4v) is 1.85. The monoisotopic (exact) mass is 268 g/mol. The van der Waals surface area contributed by atoms with Crippen LogP contribution >= 0.6 is 0 Å². The van der Waals surface area contributed by atoms with Crippen molar-refractivity contribution in [3.05, 3.63) is 29.8 Å². The largest absolute Gasteiger partial charge is 0.481 e. The molecule has 0 saturated carbocycles. The number of aromatic nitrogens is 1. The number of ether oxygens (including phenoxy) is 1. The van der Waals surface area contributed by atoms with E-state index in [-0.39, 0.29) is 18.9 Å². The molecule has 1 aliphatic rings. The SMILES string of the molecule is CC1(C(=O)O)COCC1NC(=O)c1cccc(F)n1. The van der Waals surface area contributed by atoms with E-state index in [0.717, 1.165) is 6.07 Å². The molecule has 0 bridgehead atoms. The van der Waals surface area contributed by atoms with E-state index in [0.29, 0.717) is 0 Å². The summed E-state index contributed by atoms with van der Waals surface area (Å²) >= 11 is 0. The average Bonchev–Trinajstić information content (AvgIpc) is 2.72. The topological polar surface area (TPSA) is 88.5 Å². The van der Waals surface area contributed by atoms with Gasteiger partial charge >= 0.3 is 5.97 Å². The van der Waals surface area contributed by atoms with Gasteiger partial charge in [0.25, 0.3) is 5.91 Å². The molecule has 19 heavy (non-hydrogen) atoms. The Morgan fingerprint density at radius 2 is 2.32 bits per heavy atom. The highest BCUT2D eigenvalue weighted by Gasteiger charge is 2.47. The first kappa shape index (κ1) is 13.4. The zero-order valence-electron chi connectivity index (χ0n) is 10.2. The van der Waals surface area contributed by atoms with Gasteiger partial charge in [-0.3, -0.25) is 9.59 Å². The maximum atomic E-state index is 12.9. The third kappa shape index (κ3) is 2.55. The van der Waals surface area contributed by atoms with Crippen molar-refractivity contribution >= 4 is 11.9 Å². The fraction of sp³-hybridized carbons (Fsp3) is 0.417. The van der Waals surface area contributed by atoms with Crippen molar-refractivity contribution < 1.29 is 23.8 Å². The minimum Gasteiger partial charge on any atom is -0.481 e.